The number of hydrogen-bond acceptors (Lipinski definition) is 4. The van der Waals surface area contributed by atoms with Crippen molar-refractivity contribution in [1.29, 1.82) is 0 Å². The van der Waals surface area contributed by atoms with Crippen LogP contribution < -0.4 is 14.5 Å². The van der Waals surface area contributed by atoms with Crippen LogP contribution in [0, 0.1) is 0 Å². The number of carbonyl (C=O) groups excluding carboxylic acids is 1. The van der Waals surface area contributed by atoms with Gasteiger partial charge in [-0.1, -0.05) is 30.7 Å². The van der Waals surface area contributed by atoms with Gasteiger partial charge in [-0.2, -0.15) is 0 Å². The quantitative estimate of drug-likeness (QED) is 0.752. The monoisotopic (exact) mass is 393 g/mol. The van der Waals surface area contributed by atoms with E-state index in [-0.39, 0.29) is 5.91 Å². The van der Waals surface area contributed by atoms with Gasteiger partial charge in [0.15, 0.2) is 0 Å². The lowest BCUT2D eigenvalue weighted by Crippen LogP contribution is -2.47. The minimum Gasteiger partial charge on any atom is -0.497 e. The summed E-state index contributed by atoms with van der Waals surface area (Å²) in [4.78, 5) is 20.0. The van der Waals surface area contributed by atoms with Crippen molar-refractivity contribution >= 4 is 17.3 Å². The molecule has 0 N–H and O–H groups in total. The van der Waals surface area contributed by atoms with E-state index in [0.29, 0.717) is 6.42 Å². The normalized spacial score (nSPS) is 17.1. The Labute approximate surface area is 173 Å². The Morgan fingerprint density at radius 1 is 0.862 bits per heavy atom. The van der Waals surface area contributed by atoms with Crippen molar-refractivity contribution in [3.63, 3.8) is 0 Å². The van der Waals surface area contributed by atoms with Crippen LogP contribution in [-0.4, -0.2) is 57.2 Å². The highest BCUT2D eigenvalue weighted by atomic mass is 16.5. The van der Waals surface area contributed by atoms with Gasteiger partial charge in [0, 0.05) is 26.2 Å². The third kappa shape index (κ3) is 4.73. The summed E-state index contributed by atoms with van der Waals surface area (Å²) in [7, 11) is 1.65. The number of rotatable bonds is 6. The van der Waals surface area contributed by atoms with Gasteiger partial charge < -0.3 is 19.4 Å². The minimum atomic E-state index is 0.151. The molecule has 4 rings (SSSR count). The average molecular weight is 394 g/mol. The Hall–Kier alpha value is -2.53. The number of hydrogen-bond donors (Lipinski definition) is 0. The molecule has 0 aliphatic carbocycles. The molecule has 2 aliphatic heterocycles. The van der Waals surface area contributed by atoms with Crippen LogP contribution in [0.1, 0.15) is 24.8 Å². The molecule has 1 amide bonds. The highest BCUT2D eigenvalue weighted by molar-refractivity contribution is 5.99. The summed E-state index contributed by atoms with van der Waals surface area (Å²) in [5.74, 6) is 0.965. The Morgan fingerprint density at radius 3 is 2.31 bits per heavy atom. The van der Waals surface area contributed by atoms with Crippen LogP contribution in [0.25, 0.3) is 0 Å². The molecule has 154 valence electrons. The van der Waals surface area contributed by atoms with Gasteiger partial charge in [-0.25, -0.2) is 0 Å². The topological polar surface area (TPSA) is 36.0 Å². The standard InChI is InChI=1S/C24H31N3O2/c1-29-21-11-9-20(10-12-21)19-24(28)27-18-17-26(22-7-3-4-8-23(22)27)16-15-25-13-5-2-6-14-25/h3-4,7-12H,2,5-6,13-19H2,1H3. The second-order valence-electron chi connectivity index (χ2n) is 7.95. The van der Waals surface area contributed by atoms with Crippen LogP contribution in [0.5, 0.6) is 5.75 Å². The van der Waals surface area contributed by atoms with Crippen molar-refractivity contribution < 1.29 is 9.53 Å². The average Bonchev–Trinajstić information content (AvgIpc) is 2.78. The van der Waals surface area contributed by atoms with E-state index < -0.39 is 0 Å². The van der Waals surface area contributed by atoms with Gasteiger partial charge >= 0.3 is 0 Å². The first-order chi connectivity index (χ1) is 14.2. The molecular weight excluding hydrogens is 362 g/mol. The zero-order chi connectivity index (χ0) is 20.1. The van der Waals surface area contributed by atoms with Crippen molar-refractivity contribution in [2.75, 3.05) is 56.2 Å². The molecule has 1 saturated heterocycles. The highest BCUT2D eigenvalue weighted by Gasteiger charge is 2.26. The number of para-hydroxylation sites is 2. The number of piperidine rings is 1. The van der Waals surface area contributed by atoms with E-state index in [0.717, 1.165) is 43.2 Å². The number of likely N-dealkylation sites (tertiary alicyclic amines) is 1. The summed E-state index contributed by atoms with van der Waals surface area (Å²) in [6.45, 7) is 6.21. The van der Waals surface area contributed by atoms with Gasteiger partial charge in [0.05, 0.1) is 24.9 Å². The first kappa shape index (κ1) is 19.8. The van der Waals surface area contributed by atoms with Crippen LogP contribution in [0.2, 0.25) is 0 Å². The highest BCUT2D eigenvalue weighted by Crippen LogP contribution is 2.33. The maximum Gasteiger partial charge on any atom is 0.231 e. The van der Waals surface area contributed by atoms with Gasteiger partial charge in [-0.05, 0) is 55.8 Å². The first-order valence-corrected chi connectivity index (χ1v) is 10.7. The van der Waals surface area contributed by atoms with Gasteiger partial charge in [0.1, 0.15) is 5.75 Å². The summed E-state index contributed by atoms with van der Waals surface area (Å²) in [6.07, 6.45) is 4.43. The molecule has 0 saturated carbocycles. The van der Waals surface area contributed by atoms with Crippen molar-refractivity contribution in [2.45, 2.75) is 25.7 Å². The van der Waals surface area contributed by atoms with Crippen LogP contribution in [0.3, 0.4) is 0 Å². The van der Waals surface area contributed by atoms with Gasteiger partial charge in [-0.3, -0.25) is 4.79 Å². The zero-order valence-corrected chi connectivity index (χ0v) is 17.3. The molecule has 0 radical (unpaired) electrons. The molecule has 5 nitrogen and oxygen atoms in total. The number of amides is 1. The molecule has 29 heavy (non-hydrogen) atoms. The fourth-order valence-electron chi connectivity index (χ4n) is 4.37. The number of methoxy groups -OCH3 is 1. The third-order valence-electron chi connectivity index (χ3n) is 6.06. The summed E-state index contributed by atoms with van der Waals surface area (Å²) < 4.78 is 5.21. The number of fused-ring (bicyclic) bond motifs is 1. The third-order valence-corrected chi connectivity index (χ3v) is 6.06. The van der Waals surface area contributed by atoms with Crippen molar-refractivity contribution in [3.8, 4) is 5.75 Å². The summed E-state index contributed by atoms with van der Waals surface area (Å²) >= 11 is 0. The fraction of sp³-hybridized carbons (Fsp3) is 0.458. The lowest BCUT2D eigenvalue weighted by molar-refractivity contribution is -0.118. The molecule has 0 bridgehead atoms. The molecule has 0 atom stereocenters. The molecule has 0 spiro atoms. The molecule has 2 aromatic carbocycles. The van der Waals surface area contributed by atoms with Crippen LogP contribution in [-0.2, 0) is 11.2 Å². The molecule has 1 fully saturated rings. The number of benzene rings is 2. The lowest BCUT2D eigenvalue weighted by Gasteiger charge is -2.39. The summed E-state index contributed by atoms with van der Waals surface area (Å²) in [6, 6.07) is 16.1. The van der Waals surface area contributed by atoms with E-state index >= 15 is 0 Å². The second-order valence-corrected chi connectivity index (χ2v) is 7.95. The van der Waals surface area contributed by atoms with Crippen molar-refractivity contribution in [3.05, 3.63) is 54.1 Å². The van der Waals surface area contributed by atoms with Crippen molar-refractivity contribution in [2.24, 2.45) is 0 Å². The van der Waals surface area contributed by atoms with E-state index in [2.05, 4.69) is 28.0 Å². The maximum absolute atomic E-state index is 13.1. The zero-order valence-electron chi connectivity index (χ0n) is 17.3. The Bertz CT molecular complexity index is 815. The largest absolute Gasteiger partial charge is 0.497 e. The molecule has 5 heteroatoms. The van der Waals surface area contributed by atoms with Crippen LogP contribution in [0.15, 0.2) is 48.5 Å². The van der Waals surface area contributed by atoms with E-state index in [9.17, 15) is 4.79 Å². The number of ether oxygens (including phenoxy) is 1. The SMILES string of the molecule is COc1ccc(CC(=O)N2CCN(CCN3CCCCC3)c3ccccc32)cc1. The summed E-state index contributed by atoms with van der Waals surface area (Å²) in [5, 5.41) is 0. The van der Waals surface area contributed by atoms with Crippen LogP contribution >= 0.6 is 0 Å². The molecule has 2 heterocycles. The Kier molecular flexibility index (Phi) is 6.35. The molecule has 2 aromatic rings. The smallest absolute Gasteiger partial charge is 0.231 e. The second kappa shape index (κ2) is 9.31. The van der Waals surface area contributed by atoms with E-state index in [1.807, 2.05) is 35.2 Å². The van der Waals surface area contributed by atoms with E-state index in [1.54, 1.807) is 7.11 Å². The van der Waals surface area contributed by atoms with Gasteiger partial charge in [0.2, 0.25) is 5.91 Å². The maximum atomic E-state index is 13.1. The Balaban J connectivity index is 1.43. The number of nitrogens with zero attached hydrogens (tertiary/aromatic N) is 3. The minimum absolute atomic E-state index is 0.151. The van der Waals surface area contributed by atoms with Gasteiger partial charge in [-0.15, -0.1) is 0 Å². The van der Waals surface area contributed by atoms with Crippen molar-refractivity contribution in [1.82, 2.24) is 4.90 Å². The predicted molar refractivity (Wildman–Crippen MR) is 118 cm³/mol. The summed E-state index contributed by atoms with van der Waals surface area (Å²) in [5.41, 5.74) is 3.23. The first-order valence-electron chi connectivity index (χ1n) is 10.7. The fourth-order valence-corrected chi connectivity index (χ4v) is 4.37. The molecule has 2 aliphatic rings. The molecule has 0 unspecified atom stereocenters. The van der Waals surface area contributed by atoms with Crippen LogP contribution in [0.4, 0.5) is 11.4 Å². The lowest BCUT2D eigenvalue weighted by atomic mass is 10.1. The number of carbonyl (C=O) groups is 1. The molecular formula is C24H31N3O2. The predicted octanol–water partition coefficient (Wildman–Crippen LogP) is 3.58. The molecule has 0 aromatic heterocycles. The Morgan fingerprint density at radius 2 is 1.59 bits per heavy atom. The number of anilines is 2. The van der Waals surface area contributed by atoms with E-state index in [1.165, 1.54) is 38.0 Å². The van der Waals surface area contributed by atoms with Gasteiger partial charge in [0.25, 0.3) is 0 Å². The van der Waals surface area contributed by atoms with E-state index in [4.69, 9.17) is 4.74 Å².